The van der Waals surface area contributed by atoms with E-state index in [2.05, 4.69) is 5.32 Å². The molecule has 0 spiro atoms. The van der Waals surface area contributed by atoms with Gasteiger partial charge < -0.3 is 19.6 Å². The lowest BCUT2D eigenvalue weighted by molar-refractivity contribution is -0.133. The SMILES string of the molecule is CC(C)(C)OC(=O)N(C(=O)CCCCNCc1cc2ccccc2o1)C1C=CC=CC1O. The summed E-state index contributed by atoms with van der Waals surface area (Å²) in [5.41, 5.74) is 0.126. The van der Waals surface area contributed by atoms with Crippen LogP contribution in [0.4, 0.5) is 4.79 Å². The number of unbranched alkanes of at least 4 members (excludes halogenated alkanes) is 1. The molecule has 7 heteroatoms. The fourth-order valence-corrected chi connectivity index (χ4v) is 3.51. The number of hydrogen-bond donors (Lipinski definition) is 2. The number of ether oxygens (including phenoxy) is 1. The van der Waals surface area contributed by atoms with Crippen molar-refractivity contribution in [3.63, 3.8) is 0 Å². The number of furan rings is 1. The van der Waals surface area contributed by atoms with Crippen LogP contribution >= 0.6 is 0 Å². The topological polar surface area (TPSA) is 92.0 Å². The highest BCUT2D eigenvalue weighted by atomic mass is 16.6. The molecule has 1 aliphatic rings. The number of aliphatic hydroxyl groups excluding tert-OH is 1. The molecule has 2 unspecified atom stereocenters. The predicted octanol–water partition coefficient (Wildman–Crippen LogP) is 4.31. The van der Waals surface area contributed by atoms with Crippen molar-refractivity contribution in [2.45, 2.75) is 64.3 Å². The molecule has 32 heavy (non-hydrogen) atoms. The van der Waals surface area contributed by atoms with E-state index in [9.17, 15) is 14.7 Å². The largest absolute Gasteiger partial charge is 0.460 e. The summed E-state index contributed by atoms with van der Waals surface area (Å²) in [6.45, 7) is 6.56. The van der Waals surface area contributed by atoms with E-state index in [1.807, 2.05) is 30.3 Å². The minimum Gasteiger partial charge on any atom is -0.460 e. The number of carbonyl (C=O) groups is 2. The van der Waals surface area contributed by atoms with Crippen LogP contribution in [0.25, 0.3) is 11.0 Å². The third-order valence-electron chi connectivity index (χ3n) is 5.00. The van der Waals surface area contributed by atoms with E-state index in [1.54, 1.807) is 45.1 Å². The molecular weight excluding hydrogens is 408 g/mol. The van der Waals surface area contributed by atoms with E-state index in [1.165, 1.54) is 0 Å². The maximum Gasteiger partial charge on any atom is 0.417 e. The second kappa shape index (κ2) is 10.6. The number of aliphatic hydroxyl groups is 1. The van der Waals surface area contributed by atoms with Gasteiger partial charge in [0.05, 0.1) is 18.7 Å². The maximum atomic E-state index is 12.9. The van der Waals surface area contributed by atoms with Crippen LogP contribution in [0, 0.1) is 0 Å². The Balaban J connectivity index is 1.48. The molecule has 172 valence electrons. The van der Waals surface area contributed by atoms with Crippen molar-refractivity contribution in [3.05, 3.63) is 60.4 Å². The van der Waals surface area contributed by atoms with E-state index in [-0.39, 0.29) is 12.3 Å². The highest BCUT2D eigenvalue weighted by molar-refractivity contribution is 5.93. The number of carbonyl (C=O) groups excluding carboxylic acids is 2. The zero-order valence-electron chi connectivity index (χ0n) is 18.9. The lowest BCUT2D eigenvalue weighted by Crippen LogP contribution is -2.51. The molecule has 0 aliphatic heterocycles. The first-order chi connectivity index (χ1) is 15.2. The molecule has 0 saturated heterocycles. The van der Waals surface area contributed by atoms with Crippen molar-refractivity contribution < 1.29 is 23.8 Å². The molecule has 0 bridgehead atoms. The van der Waals surface area contributed by atoms with Crippen LogP contribution in [0.5, 0.6) is 0 Å². The van der Waals surface area contributed by atoms with E-state index in [4.69, 9.17) is 9.15 Å². The summed E-state index contributed by atoms with van der Waals surface area (Å²) in [6.07, 6.45) is 6.45. The molecular formula is C25H32N2O5. The second-order valence-electron chi connectivity index (χ2n) is 8.88. The molecule has 0 saturated carbocycles. The van der Waals surface area contributed by atoms with Gasteiger partial charge >= 0.3 is 6.09 Å². The van der Waals surface area contributed by atoms with Gasteiger partial charge in [0, 0.05) is 11.8 Å². The zero-order chi connectivity index (χ0) is 23.1. The number of fused-ring (bicyclic) bond motifs is 1. The Morgan fingerprint density at radius 1 is 1.16 bits per heavy atom. The van der Waals surface area contributed by atoms with E-state index < -0.39 is 23.8 Å². The van der Waals surface area contributed by atoms with E-state index >= 15 is 0 Å². The molecule has 1 aromatic heterocycles. The summed E-state index contributed by atoms with van der Waals surface area (Å²) in [5.74, 6) is 0.505. The first-order valence-electron chi connectivity index (χ1n) is 11.0. The van der Waals surface area contributed by atoms with Gasteiger partial charge in [-0.05, 0) is 52.3 Å². The average molecular weight is 441 g/mol. The van der Waals surface area contributed by atoms with Crippen molar-refractivity contribution in [2.75, 3.05) is 6.54 Å². The Bertz CT molecular complexity index is 953. The van der Waals surface area contributed by atoms with E-state index in [0.717, 1.165) is 28.1 Å². The second-order valence-corrected chi connectivity index (χ2v) is 8.88. The number of imide groups is 1. The minimum absolute atomic E-state index is 0.187. The molecule has 2 atom stereocenters. The van der Waals surface area contributed by atoms with Crippen LogP contribution in [0.3, 0.4) is 0 Å². The molecule has 1 aliphatic carbocycles. The summed E-state index contributed by atoms with van der Waals surface area (Å²) in [4.78, 5) is 26.6. The average Bonchev–Trinajstić information content (AvgIpc) is 3.14. The first-order valence-corrected chi connectivity index (χ1v) is 11.0. The Morgan fingerprint density at radius 3 is 2.62 bits per heavy atom. The summed E-state index contributed by atoms with van der Waals surface area (Å²) >= 11 is 0. The molecule has 0 radical (unpaired) electrons. The van der Waals surface area contributed by atoms with Crippen molar-refractivity contribution in [3.8, 4) is 0 Å². The van der Waals surface area contributed by atoms with Crippen LogP contribution in [0.1, 0.15) is 45.8 Å². The highest BCUT2D eigenvalue weighted by Gasteiger charge is 2.35. The Kier molecular flexibility index (Phi) is 7.88. The number of para-hydroxylation sites is 1. The number of rotatable bonds is 8. The fourth-order valence-electron chi connectivity index (χ4n) is 3.51. The van der Waals surface area contributed by atoms with Crippen molar-refractivity contribution in [1.82, 2.24) is 10.2 Å². The van der Waals surface area contributed by atoms with Gasteiger partial charge in [0.25, 0.3) is 0 Å². The normalized spacial score (nSPS) is 18.1. The van der Waals surface area contributed by atoms with Gasteiger partial charge in [-0.3, -0.25) is 4.79 Å². The molecule has 7 nitrogen and oxygen atoms in total. The Hall–Kier alpha value is -2.90. The standard InChI is InChI=1S/C25H32N2O5/c1-25(2,3)32-24(30)27(20-11-5-6-12-21(20)28)23(29)14-8-9-15-26-17-19-16-18-10-4-7-13-22(18)31-19/h4-7,10-13,16,20-21,26,28H,8-9,14-15,17H2,1-3H3. The number of hydrogen-bond acceptors (Lipinski definition) is 6. The molecule has 2 amide bonds. The van der Waals surface area contributed by atoms with Crippen LogP contribution in [0.2, 0.25) is 0 Å². The number of nitrogens with one attached hydrogen (secondary N) is 1. The first kappa shape index (κ1) is 23.8. The number of nitrogens with zero attached hydrogens (tertiary/aromatic N) is 1. The van der Waals surface area contributed by atoms with Gasteiger partial charge in [-0.1, -0.05) is 42.5 Å². The number of benzene rings is 1. The predicted molar refractivity (Wildman–Crippen MR) is 123 cm³/mol. The zero-order valence-corrected chi connectivity index (χ0v) is 18.9. The molecule has 0 fully saturated rings. The van der Waals surface area contributed by atoms with Gasteiger partial charge in [0.1, 0.15) is 16.9 Å². The molecule has 1 aromatic carbocycles. The summed E-state index contributed by atoms with van der Waals surface area (Å²) in [7, 11) is 0. The lowest BCUT2D eigenvalue weighted by atomic mass is 10.0. The molecule has 2 N–H and O–H groups in total. The highest BCUT2D eigenvalue weighted by Crippen LogP contribution is 2.20. The summed E-state index contributed by atoms with van der Waals surface area (Å²) in [6, 6.07) is 9.12. The summed E-state index contributed by atoms with van der Waals surface area (Å²) in [5, 5.41) is 14.7. The van der Waals surface area contributed by atoms with Crippen molar-refractivity contribution in [1.29, 1.82) is 0 Å². The smallest absolute Gasteiger partial charge is 0.417 e. The maximum absolute atomic E-state index is 12.9. The van der Waals surface area contributed by atoms with Crippen molar-refractivity contribution in [2.24, 2.45) is 0 Å². The third kappa shape index (κ3) is 6.55. The quantitative estimate of drug-likeness (QED) is 0.594. The Morgan fingerprint density at radius 2 is 1.91 bits per heavy atom. The van der Waals surface area contributed by atoms with Gasteiger partial charge in [-0.15, -0.1) is 0 Å². The number of amides is 2. The van der Waals surface area contributed by atoms with Gasteiger partial charge in [-0.2, -0.15) is 0 Å². The number of allylic oxidation sites excluding steroid dienone is 2. The summed E-state index contributed by atoms with van der Waals surface area (Å²) < 4.78 is 11.2. The van der Waals surface area contributed by atoms with Crippen LogP contribution in [-0.4, -0.2) is 46.3 Å². The van der Waals surface area contributed by atoms with Crippen LogP contribution in [-0.2, 0) is 16.1 Å². The monoisotopic (exact) mass is 440 g/mol. The van der Waals surface area contributed by atoms with Crippen LogP contribution < -0.4 is 5.32 Å². The lowest BCUT2D eigenvalue weighted by Gasteiger charge is -2.33. The molecule has 1 heterocycles. The molecule has 3 rings (SSSR count). The minimum atomic E-state index is -0.957. The van der Waals surface area contributed by atoms with Crippen molar-refractivity contribution >= 4 is 23.0 Å². The van der Waals surface area contributed by atoms with Gasteiger partial charge in [-0.25, -0.2) is 9.69 Å². The fraction of sp³-hybridized carbons (Fsp3) is 0.440. The van der Waals surface area contributed by atoms with Crippen LogP contribution in [0.15, 0.2) is 59.1 Å². The van der Waals surface area contributed by atoms with Gasteiger partial charge in [0.2, 0.25) is 5.91 Å². The third-order valence-corrected chi connectivity index (χ3v) is 5.00. The molecule has 2 aromatic rings. The van der Waals surface area contributed by atoms with Gasteiger partial charge in [0.15, 0.2) is 0 Å². The Labute approximate surface area is 188 Å². The van der Waals surface area contributed by atoms with E-state index in [0.29, 0.717) is 19.5 Å².